The molecule has 0 bridgehead atoms. The molecule has 23 heavy (non-hydrogen) atoms. The van der Waals surface area contributed by atoms with E-state index < -0.39 is 40.6 Å². The predicted octanol–water partition coefficient (Wildman–Crippen LogP) is 5.71. The molecule has 0 aliphatic carbocycles. The Kier molecular flexibility index (Phi) is 5.08. The second-order valence-electron chi connectivity index (χ2n) is 3.87. The molecule has 0 aliphatic heterocycles. The van der Waals surface area contributed by atoms with Gasteiger partial charge in [-0.2, -0.15) is 65.9 Å². The number of alkyl halides is 16. The van der Waals surface area contributed by atoms with Crippen LogP contribution in [-0.2, 0) is 0 Å². The molecule has 16 heteroatoms. The van der Waals surface area contributed by atoms with Crippen molar-refractivity contribution in [3.8, 4) is 0 Å². The van der Waals surface area contributed by atoms with Crippen LogP contribution < -0.4 is 0 Å². The fourth-order valence-corrected chi connectivity index (χ4v) is 1.20. The number of hydrogen-bond donors (Lipinski definition) is 0. The van der Waals surface area contributed by atoms with Gasteiger partial charge in [-0.3, -0.25) is 0 Å². The molecular weight excluding hydrogens is 449 g/mol. The van der Waals surface area contributed by atoms with Crippen molar-refractivity contribution in [1.82, 2.24) is 0 Å². The van der Waals surface area contributed by atoms with E-state index in [1.165, 1.54) is 0 Å². The van der Waals surface area contributed by atoms with E-state index in [4.69, 9.17) is 0 Å². The van der Waals surface area contributed by atoms with Crippen LogP contribution in [0.25, 0.3) is 0 Å². The van der Waals surface area contributed by atoms with Crippen molar-refractivity contribution in [2.45, 2.75) is 40.6 Å². The van der Waals surface area contributed by atoms with E-state index >= 15 is 0 Å². The van der Waals surface area contributed by atoms with Crippen molar-refractivity contribution in [3.05, 3.63) is 0 Å². The van der Waals surface area contributed by atoms with Crippen LogP contribution in [0.3, 0.4) is 0 Å². The topological polar surface area (TPSA) is 0 Å². The van der Waals surface area contributed by atoms with Crippen LogP contribution in [0, 0.1) is 0 Å². The summed E-state index contributed by atoms with van der Waals surface area (Å²) in [6, 6.07) is 0. The highest BCUT2D eigenvalue weighted by Gasteiger charge is 2.93. The van der Waals surface area contributed by atoms with Crippen LogP contribution in [0.15, 0.2) is 0 Å². The highest BCUT2D eigenvalue weighted by molar-refractivity contribution is 9.10. The lowest BCUT2D eigenvalue weighted by molar-refractivity contribution is -0.447. The van der Waals surface area contributed by atoms with Crippen LogP contribution in [0.1, 0.15) is 0 Å². The summed E-state index contributed by atoms with van der Waals surface area (Å²) in [7, 11) is 0. The first-order valence-corrected chi connectivity index (χ1v) is 5.32. The lowest BCUT2D eigenvalue weighted by Crippen LogP contribution is -2.72. The molecule has 0 unspecified atom stereocenters. The minimum Gasteiger partial charge on any atom is -0.192 e. The quantitative estimate of drug-likeness (QED) is 0.373. The molecule has 0 atom stereocenters. The summed E-state index contributed by atoms with van der Waals surface area (Å²) < 4.78 is 185. The Hall–Kier alpha value is -0.570. The van der Waals surface area contributed by atoms with Gasteiger partial charge in [0.2, 0.25) is 0 Å². The van der Waals surface area contributed by atoms with Gasteiger partial charge < -0.3 is 0 Å². The zero-order valence-corrected chi connectivity index (χ0v) is 11.1. The van der Waals surface area contributed by atoms with Gasteiger partial charge in [-0.1, -0.05) is 0 Å². The zero-order chi connectivity index (χ0) is 19.5. The molecule has 0 aromatic rings. The van der Waals surface area contributed by atoms with Gasteiger partial charge in [0.05, 0.1) is 0 Å². The van der Waals surface area contributed by atoms with E-state index in [-0.39, 0.29) is 0 Å². The van der Waals surface area contributed by atoms with Gasteiger partial charge in [-0.25, -0.2) is 0 Å². The molecular formula is C7BrF15. The van der Waals surface area contributed by atoms with Gasteiger partial charge in [0.25, 0.3) is 0 Å². The Bertz CT molecular complexity index is 400. The van der Waals surface area contributed by atoms with Gasteiger partial charge in [-0.05, 0) is 15.9 Å². The molecule has 0 rings (SSSR count). The Morgan fingerprint density at radius 1 is 0.348 bits per heavy atom. The Morgan fingerprint density at radius 3 is 0.783 bits per heavy atom. The average molecular weight is 449 g/mol. The SMILES string of the molecule is FC(F)(F)C(F)(F)C(F)(F)C(F)(F)C(F)(F)C(F)(F)C(F)(F)Br. The van der Waals surface area contributed by atoms with Gasteiger partial charge >= 0.3 is 40.6 Å². The third-order valence-corrected chi connectivity index (χ3v) is 2.79. The van der Waals surface area contributed by atoms with Crippen molar-refractivity contribution in [3.63, 3.8) is 0 Å². The molecule has 0 radical (unpaired) electrons. The zero-order valence-electron chi connectivity index (χ0n) is 9.55. The fraction of sp³-hybridized carbons (Fsp3) is 1.00. The van der Waals surface area contributed by atoms with E-state index in [9.17, 15) is 65.9 Å². The fourth-order valence-electron chi connectivity index (χ4n) is 0.948. The van der Waals surface area contributed by atoms with Crippen molar-refractivity contribution in [2.24, 2.45) is 0 Å². The van der Waals surface area contributed by atoms with Crippen molar-refractivity contribution in [2.75, 3.05) is 0 Å². The number of rotatable bonds is 5. The maximum absolute atomic E-state index is 12.7. The third kappa shape index (κ3) is 2.83. The summed E-state index contributed by atoms with van der Waals surface area (Å²) in [5.41, 5.74) is 0. The first-order valence-electron chi connectivity index (χ1n) is 4.52. The molecule has 0 aromatic heterocycles. The van der Waals surface area contributed by atoms with Crippen LogP contribution in [-0.4, -0.2) is 40.6 Å². The van der Waals surface area contributed by atoms with Gasteiger partial charge in [0.1, 0.15) is 0 Å². The predicted molar refractivity (Wildman–Crippen MR) is 44.7 cm³/mol. The summed E-state index contributed by atoms with van der Waals surface area (Å²) in [4.78, 5) is -6.35. The molecule has 0 amide bonds. The van der Waals surface area contributed by atoms with Crippen molar-refractivity contribution in [1.29, 1.82) is 0 Å². The largest absolute Gasteiger partial charge is 0.460 e. The van der Waals surface area contributed by atoms with E-state index in [0.29, 0.717) is 15.9 Å². The number of halogens is 16. The molecule has 140 valence electrons. The molecule has 0 saturated carbocycles. The highest BCUT2D eigenvalue weighted by atomic mass is 79.9. The average Bonchev–Trinajstić information content (AvgIpc) is 2.24. The summed E-state index contributed by atoms with van der Waals surface area (Å²) >= 11 is 0.434. The second-order valence-corrected chi connectivity index (χ2v) is 4.86. The molecule has 0 aromatic carbocycles. The maximum Gasteiger partial charge on any atom is 0.460 e. The standard InChI is InChI=1S/C7BrF15/c8-6(19,20)4(15,16)2(11,12)1(9,10)3(13,14)5(17,18)7(21,22)23. The van der Waals surface area contributed by atoms with E-state index in [0.717, 1.165) is 0 Å². The molecule has 0 aliphatic rings. The summed E-state index contributed by atoms with van der Waals surface area (Å²) in [6.07, 6.45) is -7.58. The molecule has 0 N–H and O–H groups in total. The lowest BCUT2D eigenvalue weighted by Gasteiger charge is -2.40. The minimum atomic E-state index is -8.22. The van der Waals surface area contributed by atoms with Crippen LogP contribution in [0.4, 0.5) is 65.9 Å². The molecule has 0 heterocycles. The van der Waals surface area contributed by atoms with Crippen LogP contribution >= 0.6 is 15.9 Å². The summed E-state index contributed by atoms with van der Waals surface area (Å²) in [5.74, 6) is -39.8. The van der Waals surface area contributed by atoms with Gasteiger partial charge in [-0.15, -0.1) is 0 Å². The van der Waals surface area contributed by atoms with Crippen LogP contribution in [0.2, 0.25) is 0 Å². The minimum absolute atomic E-state index is 0.434. The van der Waals surface area contributed by atoms with Gasteiger partial charge in [0.15, 0.2) is 0 Å². The lowest BCUT2D eigenvalue weighted by atomic mass is 9.94. The molecule has 0 spiro atoms. The van der Waals surface area contributed by atoms with Crippen LogP contribution in [0.5, 0.6) is 0 Å². The first-order chi connectivity index (χ1) is 9.50. The Morgan fingerprint density at radius 2 is 0.565 bits per heavy atom. The Labute approximate surface area is 123 Å². The van der Waals surface area contributed by atoms with Gasteiger partial charge in [0, 0.05) is 0 Å². The Balaban J connectivity index is 6.37. The molecule has 0 fully saturated rings. The van der Waals surface area contributed by atoms with Crippen molar-refractivity contribution >= 4 is 15.9 Å². The summed E-state index contributed by atoms with van der Waals surface area (Å²) in [6.45, 7) is 0. The molecule has 0 saturated heterocycles. The summed E-state index contributed by atoms with van der Waals surface area (Å²) in [5, 5.41) is 0. The van der Waals surface area contributed by atoms with E-state index in [1.807, 2.05) is 0 Å². The first kappa shape index (κ1) is 22.4. The number of hydrogen-bond acceptors (Lipinski definition) is 0. The van der Waals surface area contributed by atoms with E-state index in [1.54, 1.807) is 0 Å². The van der Waals surface area contributed by atoms with E-state index in [2.05, 4.69) is 0 Å². The maximum atomic E-state index is 12.7. The van der Waals surface area contributed by atoms with Crippen molar-refractivity contribution < 1.29 is 65.9 Å². The normalized spacial score (nSPS) is 16.7. The second kappa shape index (κ2) is 5.21. The monoisotopic (exact) mass is 448 g/mol. The molecule has 0 nitrogen and oxygen atoms in total. The highest BCUT2D eigenvalue weighted by Crippen LogP contribution is 2.62. The smallest absolute Gasteiger partial charge is 0.192 e. The third-order valence-electron chi connectivity index (χ3n) is 2.29.